The Morgan fingerprint density at radius 3 is 1.96 bits per heavy atom. The molecule has 4 heteroatoms. The number of allylic oxidation sites excluding steroid dienone is 1. The van der Waals surface area contributed by atoms with Gasteiger partial charge in [-0.15, -0.1) is 0 Å². The summed E-state index contributed by atoms with van der Waals surface area (Å²) in [5.74, 6) is 2.04. The van der Waals surface area contributed by atoms with E-state index in [0.29, 0.717) is 11.6 Å². The SMILES string of the molecule is C1=CC(c2nc(-c3ccc(-c4ccc5ccccc5c4)cc3)nc(-c3cccc4oc5c(-c6ccc(-c7ccccc7)cc6)cccc5c34)n2)Cc2ccccc21. The van der Waals surface area contributed by atoms with Gasteiger partial charge in [0.05, 0.1) is 0 Å². The van der Waals surface area contributed by atoms with Gasteiger partial charge in [-0.1, -0.05) is 182 Å². The fourth-order valence-corrected chi connectivity index (χ4v) is 8.31. The molecule has 0 fully saturated rings. The molecule has 2 aromatic heterocycles. The maximum atomic E-state index is 6.72. The van der Waals surface area contributed by atoms with Crippen LogP contribution in [0, 0.1) is 0 Å². The lowest BCUT2D eigenvalue weighted by atomic mass is 9.89. The Kier molecular flexibility index (Phi) is 7.92. The number of hydrogen-bond donors (Lipinski definition) is 0. The monoisotopic (exact) mass is 729 g/mol. The predicted molar refractivity (Wildman–Crippen MR) is 234 cm³/mol. The summed E-state index contributed by atoms with van der Waals surface area (Å²) in [5.41, 5.74) is 12.9. The number of rotatable bonds is 6. The molecule has 0 radical (unpaired) electrons. The van der Waals surface area contributed by atoms with Gasteiger partial charge in [0, 0.05) is 33.4 Å². The molecule has 57 heavy (non-hydrogen) atoms. The predicted octanol–water partition coefficient (Wildman–Crippen LogP) is 13.6. The molecular formula is C53H35N3O. The van der Waals surface area contributed by atoms with Crippen molar-refractivity contribution in [1.29, 1.82) is 0 Å². The molecule has 1 atom stereocenters. The van der Waals surface area contributed by atoms with Gasteiger partial charge in [-0.3, -0.25) is 0 Å². The van der Waals surface area contributed by atoms with Crippen LogP contribution in [0.15, 0.2) is 192 Å². The summed E-state index contributed by atoms with van der Waals surface area (Å²) in [6.07, 6.45) is 5.25. The van der Waals surface area contributed by atoms with E-state index in [4.69, 9.17) is 19.4 Å². The summed E-state index contributed by atoms with van der Waals surface area (Å²) in [6, 6.07) is 64.0. The van der Waals surface area contributed by atoms with Crippen LogP contribution in [0.25, 0.3) is 94.9 Å². The van der Waals surface area contributed by atoms with Crippen LogP contribution in [-0.2, 0) is 6.42 Å². The van der Waals surface area contributed by atoms with Crippen LogP contribution >= 0.6 is 0 Å². The first-order valence-electron chi connectivity index (χ1n) is 19.4. The van der Waals surface area contributed by atoms with Crippen molar-refractivity contribution in [1.82, 2.24) is 15.0 Å². The third-order valence-electron chi connectivity index (χ3n) is 11.3. The van der Waals surface area contributed by atoms with Crippen molar-refractivity contribution in [3.05, 3.63) is 205 Å². The number of fused-ring (bicyclic) bond motifs is 5. The van der Waals surface area contributed by atoms with Gasteiger partial charge in [0.25, 0.3) is 0 Å². The maximum Gasteiger partial charge on any atom is 0.164 e. The van der Waals surface area contributed by atoms with E-state index in [0.717, 1.165) is 62.0 Å². The van der Waals surface area contributed by atoms with Crippen LogP contribution in [-0.4, -0.2) is 15.0 Å². The molecule has 0 saturated heterocycles. The molecule has 8 aromatic carbocycles. The second kappa shape index (κ2) is 13.7. The highest BCUT2D eigenvalue weighted by molar-refractivity contribution is 6.15. The highest BCUT2D eigenvalue weighted by Crippen LogP contribution is 2.41. The summed E-state index contributed by atoms with van der Waals surface area (Å²) >= 11 is 0. The first kappa shape index (κ1) is 33.0. The topological polar surface area (TPSA) is 51.8 Å². The van der Waals surface area contributed by atoms with Crippen molar-refractivity contribution in [2.45, 2.75) is 12.3 Å². The number of nitrogens with zero attached hydrogens (tertiary/aromatic N) is 3. The van der Waals surface area contributed by atoms with Gasteiger partial charge in [0.2, 0.25) is 0 Å². The number of furan rings is 1. The van der Waals surface area contributed by atoms with E-state index in [9.17, 15) is 0 Å². The summed E-state index contributed by atoms with van der Waals surface area (Å²) in [7, 11) is 0. The summed E-state index contributed by atoms with van der Waals surface area (Å²) in [6.45, 7) is 0. The Morgan fingerprint density at radius 1 is 0.456 bits per heavy atom. The molecule has 0 spiro atoms. The molecule has 268 valence electrons. The third-order valence-corrected chi connectivity index (χ3v) is 11.3. The normalized spacial score (nSPS) is 13.6. The van der Waals surface area contributed by atoms with Gasteiger partial charge >= 0.3 is 0 Å². The minimum atomic E-state index is 0.00281. The Labute approximate surface area is 330 Å². The number of aromatic nitrogens is 3. The van der Waals surface area contributed by atoms with Gasteiger partial charge in [-0.05, 0) is 68.3 Å². The zero-order valence-corrected chi connectivity index (χ0v) is 31.0. The Balaban J connectivity index is 1.03. The van der Waals surface area contributed by atoms with E-state index in [1.165, 1.54) is 38.6 Å². The van der Waals surface area contributed by atoms with E-state index in [2.05, 4.69) is 176 Å². The van der Waals surface area contributed by atoms with Gasteiger partial charge < -0.3 is 4.42 Å². The fourth-order valence-electron chi connectivity index (χ4n) is 8.31. The Hall–Kier alpha value is -7.43. The number of benzene rings is 8. The first-order valence-corrected chi connectivity index (χ1v) is 19.4. The van der Waals surface area contributed by atoms with E-state index >= 15 is 0 Å². The van der Waals surface area contributed by atoms with Crippen LogP contribution in [0.4, 0.5) is 0 Å². The van der Waals surface area contributed by atoms with Gasteiger partial charge in [0.1, 0.15) is 17.0 Å². The van der Waals surface area contributed by atoms with Gasteiger partial charge in [-0.2, -0.15) is 0 Å². The van der Waals surface area contributed by atoms with Crippen LogP contribution in [0.5, 0.6) is 0 Å². The molecule has 0 aliphatic heterocycles. The van der Waals surface area contributed by atoms with E-state index in [1.807, 2.05) is 18.2 Å². The number of hydrogen-bond acceptors (Lipinski definition) is 4. The maximum absolute atomic E-state index is 6.72. The average molecular weight is 730 g/mol. The molecule has 11 rings (SSSR count). The molecule has 1 unspecified atom stereocenters. The van der Waals surface area contributed by atoms with E-state index in [-0.39, 0.29) is 5.92 Å². The fraction of sp³-hybridized carbons (Fsp3) is 0.0377. The molecule has 1 aliphatic carbocycles. The number of para-hydroxylation sites is 1. The summed E-state index contributed by atoms with van der Waals surface area (Å²) in [5, 5.41) is 4.48. The molecule has 4 nitrogen and oxygen atoms in total. The second-order valence-electron chi connectivity index (χ2n) is 14.8. The summed E-state index contributed by atoms with van der Waals surface area (Å²) in [4.78, 5) is 15.7. The van der Waals surface area contributed by atoms with Crippen LogP contribution in [0.3, 0.4) is 0 Å². The molecule has 0 bridgehead atoms. The van der Waals surface area contributed by atoms with E-state index in [1.54, 1.807) is 0 Å². The van der Waals surface area contributed by atoms with Crippen LogP contribution in [0.1, 0.15) is 22.9 Å². The quantitative estimate of drug-likeness (QED) is 0.171. The molecule has 0 N–H and O–H groups in total. The summed E-state index contributed by atoms with van der Waals surface area (Å²) < 4.78 is 6.72. The largest absolute Gasteiger partial charge is 0.455 e. The Bertz CT molecular complexity index is 3140. The second-order valence-corrected chi connectivity index (χ2v) is 14.8. The lowest BCUT2D eigenvalue weighted by Gasteiger charge is -2.19. The zero-order valence-electron chi connectivity index (χ0n) is 31.0. The highest BCUT2D eigenvalue weighted by atomic mass is 16.3. The average Bonchev–Trinajstić information content (AvgIpc) is 3.68. The van der Waals surface area contributed by atoms with Crippen molar-refractivity contribution in [2.75, 3.05) is 0 Å². The van der Waals surface area contributed by atoms with E-state index < -0.39 is 0 Å². The molecule has 10 aromatic rings. The van der Waals surface area contributed by atoms with Crippen LogP contribution in [0.2, 0.25) is 0 Å². The molecule has 1 aliphatic rings. The smallest absolute Gasteiger partial charge is 0.164 e. The van der Waals surface area contributed by atoms with Crippen LogP contribution < -0.4 is 0 Å². The lowest BCUT2D eigenvalue weighted by Crippen LogP contribution is -2.12. The van der Waals surface area contributed by atoms with Crippen molar-refractivity contribution < 1.29 is 4.42 Å². The lowest BCUT2D eigenvalue weighted by molar-refractivity contribution is 0.670. The highest BCUT2D eigenvalue weighted by Gasteiger charge is 2.23. The van der Waals surface area contributed by atoms with Gasteiger partial charge in [-0.25, -0.2) is 15.0 Å². The molecule has 0 saturated carbocycles. The molecule has 2 heterocycles. The van der Waals surface area contributed by atoms with Crippen molar-refractivity contribution in [3.8, 4) is 56.2 Å². The standard InChI is InChI=1S/C53H35N3O/c1-2-10-34(11-3-1)37-20-26-39(27-21-37)45-16-8-17-46-49-47(18-9-19-48(49)57-50(45)46)53-55-51(54-52(56-53)44-31-25-36-13-5-7-15-42(36)33-44)40-28-22-38(23-29-40)43-30-24-35-12-4-6-14-41(35)32-43/h1-32,44H,33H2. The molecular weight excluding hydrogens is 695 g/mol. The zero-order chi connectivity index (χ0) is 37.7. The molecule has 0 amide bonds. The van der Waals surface area contributed by atoms with Gasteiger partial charge in [0.15, 0.2) is 11.6 Å². The Morgan fingerprint density at radius 2 is 1.11 bits per heavy atom. The third kappa shape index (κ3) is 5.99. The van der Waals surface area contributed by atoms with Crippen molar-refractivity contribution in [3.63, 3.8) is 0 Å². The minimum Gasteiger partial charge on any atom is -0.455 e. The van der Waals surface area contributed by atoms with Crippen molar-refractivity contribution in [2.24, 2.45) is 0 Å². The van der Waals surface area contributed by atoms with Crippen molar-refractivity contribution >= 4 is 38.8 Å². The minimum absolute atomic E-state index is 0.00281. The first-order chi connectivity index (χ1) is 28.2.